The highest BCUT2D eigenvalue weighted by Gasteiger charge is 2.32. The highest BCUT2D eigenvalue weighted by atomic mass is 16.7. The fourth-order valence-corrected chi connectivity index (χ4v) is 3.62. The normalized spacial score (nSPS) is 14.5. The lowest BCUT2D eigenvalue weighted by molar-refractivity contribution is 0.0535. The van der Waals surface area contributed by atoms with Gasteiger partial charge in [-0.05, 0) is 23.1 Å². The summed E-state index contributed by atoms with van der Waals surface area (Å²) in [6.45, 7) is 0.433. The third-order valence-electron chi connectivity index (χ3n) is 4.68. The minimum Gasteiger partial charge on any atom is -0.496 e. The van der Waals surface area contributed by atoms with Crippen LogP contribution in [0.25, 0.3) is 21.9 Å². The molecule has 25 heavy (non-hydrogen) atoms. The van der Waals surface area contributed by atoms with Crippen LogP contribution in [0.5, 0.6) is 17.2 Å². The van der Waals surface area contributed by atoms with E-state index in [0.717, 1.165) is 27.5 Å². The molecule has 5 heteroatoms. The molecule has 0 spiro atoms. The Balaban J connectivity index is 1.89. The number of hydrogen-bond acceptors (Lipinski definition) is 5. The lowest BCUT2D eigenvalue weighted by atomic mass is 9.89. The Morgan fingerprint density at radius 3 is 2.56 bits per heavy atom. The second kappa shape index (κ2) is 5.14. The maximum absolute atomic E-state index is 12.5. The van der Waals surface area contributed by atoms with Crippen molar-refractivity contribution >= 4 is 16.7 Å². The van der Waals surface area contributed by atoms with Crippen LogP contribution in [0.15, 0.2) is 42.5 Å². The maximum Gasteiger partial charge on any atom is 0.339 e. The summed E-state index contributed by atoms with van der Waals surface area (Å²) in [5, 5.41) is 1.89. The number of carbonyl (C=O) groups excluding carboxylic acids is 1. The van der Waals surface area contributed by atoms with Gasteiger partial charge in [0, 0.05) is 16.5 Å². The minimum atomic E-state index is -0.327. The predicted octanol–water partition coefficient (Wildman–Crippen LogP) is 3.91. The lowest BCUT2D eigenvalue weighted by Crippen LogP contribution is -2.01. The molecule has 0 aliphatic carbocycles. The summed E-state index contributed by atoms with van der Waals surface area (Å²) in [6, 6.07) is 13.6. The van der Waals surface area contributed by atoms with E-state index in [4.69, 9.17) is 18.9 Å². The Bertz CT molecular complexity index is 1040. The number of esters is 1. The number of ether oxygens (including phenoxy) is 4. The number of carbonyl (C=O) groups is 1. The number of rotatable bonds is 2. The van der Waals surface area contributed by atoms with Crippen molar-refractivity contribution in [2.24, 2.45) is 0 Å². The summed E-state index contributed by atoms with van der Waals surface area (Å²) in [5.41, 5.74) is 3.08. The van der Waals surface area contributed by atoms with Crippen LogP contribution in [0.4, 0.5) is 0 Å². The van der Waals surface area contributed by atoms with Crippen LogP contribution in [0.3, 0.4) is 0 Å². The number of fused-ring (bicyclic) bond motifs is 3. The van der Waals surface area contributed by atoms with E-state index in [-0.39, 0.29) is 19.4 Å². The third kappa shape index (κ3) is 1.92. The molecule has 5 nitrogen and oxygen atoms in total. The van der Waals surface area contributed by atoms with Gasteiger partial charge in [-0.25, -0.2) is 4.79 Å². The molecule has 5 rings (SSSR count). The summed E-state index contributed by atoms with van der Waals surface area (Å²) in [7, 11) is 1.62. The van der Waals surface area contributed by atoms with Gasteiger partial charge in [-0.3, -0.25) is 0 Å². The molecule has 0 radical (unpaired) electrons. The van der Waals surface area contributed by atoms with Gasteiger partial charge in [0.15, 0.2) is 11.5 Å². The van der Waals surface area contributed by atoms with Crippen LogP contribution in [-0.2, 0) is 11.3 Å². The molecule has 2 aliphatic rings. The van der Waals surface area contributed by atoms with E-state index in [1.54, 1.807) is 7.11 Å². The average molecular weight is 334 g/mol. The monoisotopic (exact) mass is 334 g/mol. The van der Waals surface area contributed by atoms with E-state index in [9.17, 15) is 4.79 Å². The summed E-state index contributed by atoms with van der Waals surface area (Å²) in [5.74, 6) is 1.76. The molecule has 0 fully saturated rings. The van der Waals surface area contributed by atoms with Crippen LogP contribution in [-0.4, -0.2) is 19.9 Å². The number of methoxy groups -OCH3 is 1. The van der Waals surface area contributed by atoms with E-state index in [1.165, 1.54) is 0 Å². The second-order valence-corrected chi connectivity index (χ2v) is 5.95. The van der Waals surface area contributed by atoms with Gasteiger partial charge >= 0.3 is 5.97 Å². The fourth-order valence-electron chi connectivity index (χ4n) is 3.62. The first-order valence-electron chi connectivity index (χ1n) is 7.96. The van der Waals surface area contributed by atoms with E-state index < -0.39 is 0 Å². The van der Waals surface area contributed by atoms with Crippen molar-refractivity contribution in [1.82, 2.24) is 0 Å². The largest absolute Gasteiger partial charge is 0.496 e. The maximum atomic E-state index is 12.5. The van der Waals surface area contributed by atoms with Crippen LogP contribution >= 0.6 is 0 Å². The Kier molecular flexibility index (Phi) is 2.91. The van der Waals surface area contributed by atoms with Gasteiger partial charge in [0.25, 0.3) is 0 Å². The van der Waals surface area contributed by atoms with Gasteiger partial charge in [-0.15, -0.1) is 0 Å². The average Bonchev–Trinajstić information content (AvgIpc) is 3.26. The molecular formula is C20H14O5. The second-order valence-electron chi connectivity index (χ2n) is 5.95. The molecule has 0 amide bonds. The van der Waals surface area contributed by atoms with Crippen LogP contribution < -0.4 is 14.2 Å². The van der Waals surface area contributed by atoms with E-state index >= 15 is 0 Å². The Morgan fingerprint density at radius 2 is 1.72 bits per heavy atom. The van der Waals surface area contributed by atoms with Crippen molar-refractivity contribution < 1.29 is 23.7 Å². The van der Waals surface area contributed by atoms with Gasteiger partial charge < -0.3 is 18.9 Å². The molecule has 0 saturated carbocycles. The predicted molar refractivity (Wildman–Crippen MR) is 91.2 cm³/mol. The highest BCUT2D eigenvalue weighted by molar-refractivity contribution is 6.13. The third-order valence-corrected chi connectivity index (χ3v) is 4.68. The highest BCUT2D eigenvalue weighted by Crippen LogP contribution is 2.46. The molecule has 2 aliphatic heterocycles. The van der Waals surface area contributed by atoms with Crippen molar-refractivity contribution in [1.29, 1.82) is 0 Å². The van der Waals surface area contributed by atoms with Crippen LogP contribution in [0, 0.1) is 0 Å². The molecule has 0 unspecified atom stereocenters. The standard InChI is InChI=1S/C20H14O5/c1-22-19-13-5-3-2-4-12(13)17(18-14(19)9-23-20(18)21)11-6-7-15-16(8-11)25-10-24-15/h2-8H,9-10H2,1H3. The van der Waals surface area contributed by atoms with Crippen LogP contribution in [0.1, 0.15) is 15.9 Å². The van der Waals surface area contributed by atoms with Crippen molar-refractivity contribution in [3.8, 4) is 28.4 Å². The smallest absolute Gasteiger partial charge is 0.339 e. The topological polar surface area (TPSA) is 54.0 Å². The zero-order chi connectivity index (χ0) is 17.0. The molecule has 0 aromatic heterocycles. The van der Waals surface area contributed by atoms with Crippen molar-refractivity contribution in [2.45, 2.75) is 6.61 Å². The molecule has 3 aromatic rings. The van der Waals surface area contributed by atoms with Crippen molar-refractivity contribution in [3.63, 3.8) is 0 Å². The van der Waals surface area contributed by atoms with E-state index in [2.05, 4.69) is 0 Å². The summed E-state index contributed by atoms with van der Waals surface area (Å²) in [6.07, 6.45) is 0. The Hall–Kier alpha value is -3.21. The molecule has 2 heterocycles. The number of hydrogen-bond donors (Lipinski definition) is 0. The van der Waals surface area contributed by atoms with Crippen molar-refractivity contribution in [2.75, 3.05) is 13.9 Å². The first-order chi connectivity index (χ1) is 12.3. The number of cyclic esters (lactones) is 1. The first kappa shape index (κ1) is 14.2. The first-order valence-corrected chi connectivity index (χ1v) is 7.96. The number of benzene rings is 3. The zero-order valence-corrected chi connectivity index (χ0v) is 13.5. The van der Waals surface area contributed by atoms with Gasteiger partial charge in [0.1, 0.15) is 12.4 Å². The van der Waals surface area contributed by atoms with Gasteiger partial charge in [0.05, 0.1) is 12.7 Å². The molecule has 0 bridgehead atoms. The van der Waals surface area contributed by atoms with E-state index in [0.29, 0.717) is 22.8 Å². The molecule has 3 aromatic carbocycles. The zero-order valence-electron chi connectivity index (χ0n) is 13.5. The molecule has 0 atom stereocenters. The molecule has 0 N–H and O–H groups in total. The van der Waals surface area contributed by atoms with Crippen molar-refractivity contribution in [3.05, 3.63) is 53.6 Å². The van der Waals surface area contributed by atoms with Gasteiger partial charge in [-0.2, -0.15) is 0 Å². The molecule has 0 saturated heterocycles. The van der Waals surface area contributed by atoms with Crippen LogP contribution in [0.2, 0.25) is 0 Å². The summed E-state index contributed by atoms with van der Waals surface area (Å²) >= 11 is 0. The Labute approximate surface area is 143 Å². The Morgan fingerprint density at radius 1 is 0.920 bits per heavy atom. The molecular weight excluding hydrogens is 320 g/mol. The van der Waals surface area contributed by atoms with E-state index in [1.807, 2.05) is 42.5 Å². The van der Waals surface area contributed by atoms with Gasteiger partial charge in [-0.1, -0.05) is 30.3 Å². The summed E-state index contributed by atoms with van der Waals surface area (Å²) < 4.78 is 21.8. The van der Waals surface area contributed by atoms with Gasteiger partial charge in [0.2, 0.25) is 6.79 Å². The SMILES string of the molecule is COc1c2c(c(-c3ccc4c(c3)OCO4)c3ccccc13)C(=O)OC2. The fraction of sp³-hybridized carbons (Fsp3) is 0.150. The minimum absolute atomic E-state index is 0.211. The molecule has 124 valence electrons. The lowest BCUT2D eigenvalue weighted by Gasteiger charge is -2.15. The summed E-state index contributed by atoms with van der Waals surface area (Å²) in [4.78, 5) is 12.5. The quantitative estimate of drug-likeness (QED) is 0.665.